The first-order valence-electron chi connectivity index (χ1n) is 6.02. The molecule has 1 N–H and O–H groups in total. The van der Waals surface area contributed by atoms with Crippen LogP contribution in [0.25, 0.3) is 5.78 Å². The molecule has 2 heterocycles. The number of rotatable bonds is 3. The van der Waals surface area contributed by atoms with E-state index in [1.165, 1.54) is 6.33 Å². The van der Waals surface area contributed by atoms with Crippen LogP contribution in [0.15, 0.2) is 41.1 Å². The predicted octanol–water partition coefficient (Wildman–Crippen LogP) is 3.71. The fraction of sp³-hybridized carbons (Fsp3) is 0.154. The van der Waals surface area contributed by atoms with Crippen molar-refractivity contribution in [2.75, 3.05) is 5.32 Å². The molecule has 20 heavy (non-hydrogen) atoms. The molecule has 3 rings (SSSR count). The molecule has 0 saturated carbocycles. The van der Waals surface area contributed by atoms with Crippen LogP contribution in [0.5, 0.6) is 0 Å². The van der Waals surface area contributed by atoms with Gasteiger partial charge in [0.05, 0.1) is 0 Å². The van der Waals surface area contributed by atoms with E-state index in [4.69, 9.17) is 11.6 Å². The van der Waals surface area contributed by atoms with Gasteiger partial charge in [0.15, 0.2) is 0 Å². The van der Waals surface area contributed by atoms with Crippen molar-refractivity contribution in [2.24, 2.45) is 0 Å². The second kappa shape index (κ2) is 5.38. The van der Waals surface area contributed by atoms with Crippen LogP contribution in [0.3, 0.4) is 0 Å². The summed E-state index contributed by atoms with van der Waals surface area (Å²) >= 11 is 9.47. The number of anilines is 1. The number of nitrogens with one attached hydrogen (secondary N) is 1. The lowest BCUT2D eigenvalue weighted by Crippen LogP contribution is -2.11. The molecule has 1 atom stereocenters. The van der Waals surface area contributed by atoms with E-state index < -0.39 is 0 Å². The zero-order valence-corrected chi connectivity index (χ0v) is 12.9. The molecule has 0 aliphatic heterocycles. The Hall–Kier alpha value is -1.66. The van der Waals surface area contributed by atoms with E-state index in [2.05, 4.69) is 55.4 Å². The minimum absolute atomic E-state index is 0.0957. The maximum absolute atomic E-state index is 6.00. The number of hydrogen-bond donors (Lipinski definition) is 1. The van der Waals surface area contributed by atoms with Gasteiger partial charge in [0.2, 0.25) is 0 Å². The molecule has 102 valence electrons. The van der Waals surface area contributed by atoms with Gasteiger partial charge in [-0.1, -0.05) is 39.7 Å². The molecule has 0 bridgehead atoms. The zero-order chi connectivity index (χ0) is 14.1. The van der Waals surface area contributed by atoms with Crippen molar-refractivity contribution in [3.63, 3.8) is 0 Å². The minimum atomic E-state index is 0.0957. The standard InChI is InChI=1S/C13H11BrClN5/c1-8(9-3-2-4-10(14)5-9)18-12-6-11(15)19-13-16-7-17-20(12)13/h2-8,18H,1H3. The Morgan fingerprint density at radius 1 is 1.35 bits per heavy atom. The molecule has 0 aliphatic carbocycles. The van der Waals surface area contributed by atoms with Crippen LogP contribution in [0.1, 0.15) is 18.5 Å². The summed E-state index contributed by atoms with van der Waals surface area (Å²) in [7, 11) is 0. The van der Waals surface area contributed by atoms with Crippen molar-refractivity contribution in [2.45, 2.75) is 13.0 Å². The van der Waals surface area contributed by atoms with Gasteiger partial charge in [0.25, 0.3) is 5.78 Å². The van der Waals surface area contributed by atoms with E-state index in [9.17, 15) is 0 Å². The van der Waals surface area contributed by atoms with Crippen LogP contribution in [-0.2, 0) is 0 Å². The number of halogens is 2. The lowest BCUT2D eigenvalue weighted by atomic mass is 10.1. The SMILES string of the molecule is CC(Nc1cc(Cl)nc2ncnn12)c1cccc(Br)c1. The van der Waals surface area contributed by atoms with Crippen LogP contribution >= 0.6 is 27.5 Å². The number of fused-ring (bicyclic) bond motifs is 1. The number of aromatic nitrogens is 4. The van der Waals surface area contributed by atoms with Crippen LogP contribution < -0.4 is 5.32 Å². The predicted molar refractivity (Wildman–Crippen MR) is 82.0 cm³/mol. The number of hydrogen-bond acceptors (Lipinski definition) is 4. The van der Waals surface area contributed by atoms with Gasteiger partial charge in [-0.15, -0.1) is 0 Å². The first-order valence-corrected chi connectivity index (χ1v) is 7.19. The summed E-state index contributed by atoms with van der Waals surface area (Å²) in [6.07, 6.45) is 1.45. The smallest absolute Gasteiger partial charge is 0.255 e. The fourth-order valence-corrected chi connectivity index (χ4v) is 2.56. The second-order valence-corrected chi connectivity index (χ2v) is 5.66. The maximum Gasteiger partial charge on any atom is 0.255 e. The van der Waals surface area contributed by atoms with Crippen molar-refractivity contribution in [1.29, 1.82) is 0 Å². The van der Waals surface area contributed by atoms with Gasteiger partial charge in [0.1, 0.15) is 17.3 Å². The molecule has 0 spiro atoms. The molecule has 0 amide bonds. The first kappa shape index (κ1) is 13.3. The molecular formula is C13H11BrClN5. The van der Waals surface area contributed by atoms with Gasteiger partial charge in [-0.2, -0.15) is 19.6 Å². The van der Waals surface area contributed by atoms with Gasteiger partial charge in [-0.05, 0) is 24.6 Å². The number of nitrogens with zero attached hydrogens (tertiary/aromatic N) is 4. The average molecular weight is 353 g/mol. The molecular weight excluding hydrogens is 342 g/mol. The third-order valence-corrected chi connectivity index (χ3v) is 3.62. The quantitative estimate of drug-likeness (QED) is 0.730. The largest absolute Gasteiger partial charge is 0.363 e. The highest BCUT2D eigenvalue weighted by molar-refractivity contribution is 9.10. The van der Waals surface area contributed by atoms with Crippen molar-refractivity contribution in [3.8, 4) is 0 Å². The average Bonchev–Trinajstić information content (AvgIpc) is 2.86. The number of benzene rings is 1. The van der Waals surface area contributed by atoms with E-state index in [1.807, 2.05) is 12.1 Å². The summed E-state index contributed by atoms with van der Waals surface area (Å²) in [5.41, 5.74) is 1.15. The lowest BCUT2D eigenvalue weighted by Gasteiger charge is -2.16. The molecule has 0 saturated heterocycles. The summed E-state index contributed by atoms with van der Waals surface area (Å²) in [5.74, 6) is 1.23. The van der Waals surface area contributed by atoms with Gasteiger partial charge >= 0.3 is 0 Å². The van der Waals surface area contributed by atoms with Gasteiger partial charge in [0, 0.05) is 16.6 Å². The normalized spacial score (nSPS) is 12.6. The van der Waals surface area contributed by atoms with Crippen LogP contribution in [-0.4, -0.2) is 19.6 Å². The van der Waals surface area contributed by atoms with E-state index in [0.717, 1.165) is 15.9 Å². The van der Waals surface area contributed by atoms with Crippen LogP contribution in [0.2, 0.25) is 5.15 Å². The van der Waals surface area contributed by atoms with E-state index in [0.29, 0.717) is 10.9 Å². The third-order valence-electron chi connectivity index (χ3n) is 2.93. The maximum atomic E-state index is 6.00. The highest BCUT2D eigenvalue weighted by Gasteiger charge is 2.11. The summed E-state index contributed by atoms with van der Waals surface area (Å²) in [6.45, 7) is 2.07. The Bertz CT molecular complexity index is 757. The highest BCUT2D eigenvalue weighted by Crippen LogP contribution is 2.23. The van der Waals surface area contributed by atoms with Gasteiger partial charge < -0.3 is 5.32 Å². The van der Waals surface area contributed by atoms with E-state index in [-0.39, 0.29) is 6.04 Å². The Kier molecular flexibility index (Phi) is 3.58. The van der Waals surface area contributed by atoms with Crippen molar-refractivity contribution >= 4 is 39.1 Å². The Morgan fingerprint density at radius 2 is 2.20 bits per heavy atom. The summed E-state index contributed by atoms with van der Waals surface area (Å²) in [6, 6.07) is 9.95. The lowest BCUT2D eigenvalue weighted by molar-refractivity contribution is 0.840. The molecule has 5 nitrogen and oxygen atoms in total. The second-order valence-electron chi connectivity index (χ2n) is 4.36. The zero-order valence-electron chi connectivity index (χ0n) is 10.6. The van der Waals surface area contributed by atoms with Crippen molar-refractivity contribution in [1.82, 2.24) is 19.6 Å². The van der Waals surface area contributed by atoms with E-state index >= 15 is 0 Å². The fourth-order valence-electron chi connectivity index (χ4n) is 1.97. The topological polar surface area (TPSA) is 55.1 Å². The van der Waals surface area contributed by atoms with Crippen LogP contribution in [0.4, 0.5) is 5.82 Å². The Labute approximate surface area is 129 Å². The van der Waals surface area contributed by atoms with E-state index in [1.54, 1.807) is 10.6 Å². The molecule has 1 unspecified atom stereocenters. The molecule has 0 radical (unpaired) electrons. The monoisotopic (exact) mass is 351 g/mol. The van der Waals surface area contributed by atoms with Crippen molar-refractivity contribution in [3.05, 3.63) is 51.8 Å². The molecule has 1 aromatic carbocycles. The highest BCUT2D eigenvalue weighted by atomic mass is 79.9. The molecule has 2 aromatic heterocycles. The first-order chi connectivity index (χ1) is 9.63. The Balaban J connectivity index is 1.94. The van der Waals surface area contributed by atoms with Crippen LogP contribution in [0, 0.1) is 0 Å². The molecule has 0 fully saturated rings. The Morgan fingerprint density at radius 3 is 3.00 bits per heavy atom. The molecule has 0 aliphatic rings. The third kappa shape index (κ3) is 2.62. The molecule has 7 heteroatoms. The minimum Gasteiger partial charge on any atom is -0.363 e. The van der Waals surface area contributed by atoms with Crippen molar-refractivity contribution < 1.29 is 0 Å². The summed E-state index contributed by atoms with van der Waals surface area (Å²) < 4.78 is 2.67. The van der Waals surface area contributed by atoms with Gasteiger partial charge in [-0.25, -0.2) is 0 Å². The molecule has 3 aromatic rings. The summed E-state index contributed by atoms with van der Waals surface area (Å²) in [4.78, 5) is 8.14. The summed E-state index contributed by atoms with van der Waals surface area (Å²) in [5, 5.41) is 7.89. The van der Waals surface area contributed by atoms with Gasteiger partial charge in [-0.3, -0.25) is 0 Å².